The van der Waals surface area contributed by atoms with Gasteiger partial charge in [-0.25, -0.2) is 0 Å². The molecule has 0 aliphatic carbocycles. The van der Waals surface area contributed by atoms with E-state index < -0.39 is 0 Å². The number of hydrogen-bond acceptors (Lipinski definition) is 3. The quantitative estimate of drug-likeness (QED) is 0.426. The molecule has 3 nitrogen and oxygen atoms in total. The Labute approximate surface area is 172 Å². The number of ketones is 2. The first kappa shape index (κ1) is 20.5. The van der Waals surface area contributed by atoms with Gasteiger partial charge in [-0.1, -0.05) is 58.0 Å². The van der Waals surface area contributed by atoms with Crippen LogP contribution in [0.15, 0.2) is 72.8 Å². The smallest absolute Gasteiger partial charge is 0.193 e. The molecule has 0 saturated heterocycles. The maximum Gasteiger partial charge on any atom is 0.193 e. The minimum Gasteiger partial charge on any atom is -0.457 e. The van der Waals surface area contributed by atoms with E-state index in [0.29, 0.717) is 28.4 Å². The van der Waals surface area contributed by atoms with Crippen LogP contribution in [0.25, 0.3) is 0 Å². The van der Waals surface area contributed by atoms with E-state index in [1.807, 2.05) is 26.0 Å². The van der Waals surface area contributed by atoms with Crippen LogP contribution < -0.4 is 4.74 Å². The Morgan fingerprint density at radius 1 is 0.690 bits per heavy atom. The Hall–Kier alpha value is -3.20. The zero-order valence-electron chi connectivity index (χ0n) is 17.3. The van der Waals surface area contributed by atoms with Crippen molar-refractivity contribution in [2.75, 3.05) is 0 Å². The van der Waals surface area contributed by atoms with Crippen LogP contribution in [0, 0.1) is 5.92 Å². The molecule has 0 spiro atoms. The fraction of sp³-hybridized carbons (Fsp3) is 0.231. The van der Waals surface area contributed by atoms with E-state index in [4.69, 9.17) is 4.74 Å². The first-order valence-corrected chi connectivity index (χ1v) is 9.92. The van der Waals surface area contributed by atoms with Crippen LogP contribution in [0.5, 0.6) is 11.5 Å². The summed E-state index contributed by atoms with van der Waals surface area (Å²) in [6.45, 7) is 8.01. The molecular formula is C26H26O3. The molecule has 0 amide bonds. The molecule has 0 saturated carbocycles. The SMILES string of the molecule is CC(C)C(=O)c1cccc(C(=O)c2ccc(Oc3ccc(C(C)C)cc3)cc2)c1. The molecule has 0 aromatic heterocycles. The van der Waals surface area contributed by atoms with Crippen molar-refractivity contribution in [1.29, 1.82) is 0 Å². The zero-order chi connectivity index (χ0) is 21.0. The zero-order valence-corrected chi connectivity index (χ0v) is 17.3. The number of ether oxygens (including phenoxy) is 1. The van der Waals surface area contributed by atoms with Crippen LogP contribution >= 0.6 is 0 Å². The summed E-state index contributed by atoms with van der Waals surface area (Å²) in [5, 5.41) is 0. The van der Waals surface area contributed by atoms with Crippen LogP contribution in [0.4, 0.5) is 0 Å². The molecule has 0 fully saturated rings. The largest absolute Gasteiger partial charge is 0.457 e. The summed E-state index contributed by atoms with van der Waals surface area (Å²) >= 11 is 0. The minimum atomic E-state index is -0.115. The number of benzene rings is 3. The Morgan fingerprint density at radius 3 is 1.79 bits per heavy atom. The lowest BCUT2D eigenvalue weighted by Gasteiger charge is -2.09. The lowest BCUT2D eigenvalue weighted by Crippen LogP contribution is -2.09. The highest BCUT2D eigenvalue weighted by molar-refractivity contribution is 6.10. The second-order valence-corrected chi connectivity index (χ2v) is 7.78. The fourth-order valence-corrected chi connectivity index (χ4v) is 3.04. The molecule has 0 unspecified atom stereocenters. The molecule has 0 bridgehead atoms. The summed E-state index contributed by atoms with van der Waals surface area (Å²) in [7, 11) is 0. The van der Waals surface area contributed by atoms with E-state index in [-0.39, 0.29) is 17.5 Å². The molecule has 3 aromatic rings. The topological polar surface area (TPSA) is 43.4 Å². The third-order valence-corrected chi connectivity index (χ3v) is 4.83. The summed E-state index contributed by atoms with van der Waals surface area (Å²) in [5.74, 6) is 1.72. The highest BCUT2D eigenvalue weighted by Crippen LogP contribution is 2.25. The van der Waals surface area contributed by atoms with Crippen molar-refractivity contribution in [2.24, 2.45) is 5.92 Å². The molecule has 0 aliphatic rings. The molecule has 0 radical (unpaired) electrons. The van der Waals surface area contributed by atoms with Crippen molar-refractivity contribution in [3.63, 3.8) is 0 Å². The van der Waals surface area contributed by atoms with Gasteiger partial charge in [0.2, 0.25) is 0 Å². The van der Waals surface area contributed by atoms with Gasteiger partial charge in [0, 0.05) is 22.6 Å². The molecular weight excluding hydrogens is 360 g/mol. The maximum absolute atomic E-state index is 12.8. The van der Waals surface area contributed by atoms with Crippen molar-refractivity contribution < 1.29 is 14.3 Å². The van der Waals surface area contributed by atoms with Gasteiger partial charge in [0.1, 0.15) is 11.5 Å². The van der Waals surface area contributed by atoms with Gasteiger partial charge >= 0.3 is 0 Å². The molecule has 0 heterocycles. The third kappa shape index (κ3) is 5.00. The lowest BCUT2D eigenvalue weighted by molar-refractivity contribution is 0.0939. The van der Waals surface area contributed by atoms with E-state index in [0.717, 1.165) is 5.75 Å². The molecule has 148 valence electrons. The van der Waals surface area contributed by atoms with Crippen molar-refractivity contribution in [2.45, 2.75) is 33.6 Å². The van der Waals surface area contributed by atoms with Crippen LogP contribution in [0.2, 0.25) is 0 Å². The highest BCUT2D eigenvalue weighted by atomic mass is 16.5. The van der Waals surface area contributed by atoms with E-state index in [2.05, 4.69) is 26.0 Å². The summed E-state index contributed by atoms with van der Waals surface area (Å²) in [6.07, 6.45) is 0. The predicted molar refractivity (Wildman–Crippen MR) is 116 cm³/mol. The van der Waals surface area contributed by atoms with Gasteiger partial charge in [-0.05, 0) is 53.9 Å². The van der Waals surface area contributed by atoms with Gasteiger partial charge in [0.05, 0.1) is 0 Å². The van der Waals surface area contributed by atoms with Gasteiger partial charge in [-0.15, -0.1) is 0 Å². The van der Waals surface area contributed by atoms with Crippen molar-refractivity contribution in [3.8, 4) is 11.5 Å². The number of rotatable bonds is 7. The van der Waals surface area contributed by atoms with Gasteiger partial charge in [0.25, 0.3) is 0 Å². The average molecular weight is 386 g/mol. The molecule has 3 heteroatoms. The van der Waals surface area contributed by atoms with E-state index in [9.17, 15) is 9.59 Å². The first-order chi connectivity index (χ1) is 13.8. The van der Waals surface area contributed by atoms with Crippen molar-refractivity contribution in [3.05, 3.63) is 95.1 Å². The molecule has 29 heavy (non-hydrogen) atoms. The predicted octanol–water partition coefficient (Wildman–Crippen LogP) is 6.67. The van der Waals surface area contributed by atoms with Crippen LogP contribution in [-0.2, 0) is 0 Å². The average Bonchev–Trinajstić information content (AvgIpc) is 2.73. The van der Waals surface area contributed by atoms with E-state index >= 15 is 0 Å². The Morgan fingerprint density at radius 2 is 1.24 bits per heavy atom. The standard InChI is InChI=1S/C26H26O3/c1-17(2)19-8-12-23(13-9-19)29-24-14-10-20(11-15-24)26(28)22-7-5-6-21(16-22)25(27)18(3)4/h5-18H,1-4H3. The Balaban J connectivity index is 1.73. The summed E-state index contributed by atoms with van der Waals surface area (Å²) in [6, 6.07) is 22.0. The van der Waals surface area contributed by atoms with Crippen LogP contribution in [-0.4, -0.2) is 11.6 Å². The second kappa shape index (κ2) is 8.87. The second-order valence-electron chi connectivity index (χ2n) is 7.78. The molecule has 0 aliphatic heterocycles. The first-order valence-electron chi connectivity index (χ1n) is 9.92. The number of hydrogen-bond donors (Lipinski definition) is 0. The molecule has 0 N–H and O–H groups in total. The number of carbonyl (C=O) groups is 2. The Bertz CT molecular complexity index is 997. The van der Waals surface area contributed by atoms with Crippen molar-refractivity contribution >= 4 is 11.6 Å². The van der Waals surface area contributed by atoms with Crippen LogP contribution in [0.1, 0.15) is 65.5 Å². The summed E-state index contributed by atoms with van der Waals surface area (Å²) < 4.78 is 5.87. The number of carbonyl (C=O) groups excluding carboxylic acids is 2. The lowest BCUT2D eigenvalue weighted by atomic mass is 9.96. The fourth-order valence-electron chi connectivity index (χ4n) is 3.04. The monoisotopic (exact) mass is 386 g/mol. The molecule has 3 rings (SSSR count). The van der Waals surface area contributed by atoms with Gasteiger partial charge in [-0.3, -0.25) is 9.59 Å². The van der Waals surface area contributed by atoms with E-state index in [1.54, 1.807) is 48.5 Å². The maximum atomic E-state index is 12.8. The summed E-state index contributed by atoms with van der Waals surface area (Å²) in [4.78, 5) is 25.0. The molecule has 3 aromatic carbocycles. The van der Waals surface area contributed by atoms with Gasteiger partial charge in [0.15, 0.2) is 11.6 Å². The minimum absolute atomic E-state index is 0.0342. The number of Topliss-reactive ketones (excluding diaryl/α,β-unsaturated/α-hetero) is 1. The van der Waals surface area contributed by atoms with Gasteiger partial charge in [-0.2, -0.15) is 0 Å². The summed E-state index contributed by atoms with van der Waals surface area (Å²) in [5.41, 5.74) is 2.89. The van der Waals surface area contributed by atoms with E-state index in [1.165, 1.54) is 5.56 Å². The van der Waals surface area contributed by atoms with Crippen LogP contribution in [0.3, 0.4) is 0 Å². The van der Waals surface area contributed by atoms with Crippen molar-refractivity contribution in [1.82, 2.24) is 0 Å². The third-order valence-electron chi connectivity index (χ3n) is 4.83. The normalized spacial score (nSPS) is 11.0. The molecule has 0 atom stereocenters. The highest BCUT2D eigenvalue weighted by Gasteiger charge is 2.14. The van der Waals surface area contributed by atoms with Gasteiger partial charge < -0.3 is 4.74 Å². The Kier molecular flexibility index (Phi) is 6.28.